The van der Waals surface area contributed by atoms with Gasteiger partial charge in [-0.15, -0.1) is 6.42 Å². The number of aliphatic imine (C=N–C) groups is 1. The van der Waals surface area contributed by atoms with Crippen LogP contribution in [0.1, 0.15) is 25.5 Å². The summed E-state index contributed by atoms with van der Waals surface area (Å²) in [5.41, 5.74) is 0.964. The number of halogens is 1. The lowest BCUT2D eigenvalue weighted by molar-refractivity contribution is -0.0605. The first kappa shape index (κ1) is 16.3. The number of guanidine groups is 1. The Bertz CT molecular complexity index is 550. The third kappa shape index (κ3) is 4.22. The number of morpholine rings is 1. The smallest absolute Gasteiger partial charge is 0.195 e. The van der Waals surface area contributed by atoms with Crippen LogP contribution in [0.4, 0.5) is 4.39 Å². The van der Waals surface area contributed by atoms with E-state index in [9.17, 15) is 4.39 Å². The van der Waals surface area contributed by atoms with E-state index in [1.165, 1.54) is 12.1 Å². The van der Waals surface area contributed by atoms with Crippen LogP contribution in [0.25, 0.3) is 0 Å². The van der Waals surface area contributed by atoms with Gasteiger partial charge < -0.3 is 15.0 Å². The minimum atomic E-state index is -0.242. The highest BCUT2D eigenvalue weighted by Gasteiger charge is 2.28. The van der Waals surface area contributed by atoms with Crippen LogP contribution < -0.4 is 5.32 Å². The van der Waals surface area contributed by atoms with Gasteiger partial charge >= 0.3 is 0 Å². The van der Waals surface area contributed by atoms with Crippen molar-refractivity contribution in [2.24, 2.45) is 4.99 Å². The molecule has 22 heavy (non-hydrogen) atoms. The van der Waals surface area contributed by atoms with E-state index in [4.69, 9.17) is 11.2 Å². The maximum Gasteiger partial charge on any atom is 0.195 e. The van der Waals surface area contributed by atoms with E-state index in [2.05, 4.69) is 21.1 Å². The second-order valence-corrected chi connectivity index (χ2v) is 5.27. The predicted molar refractivity (Wildman–Crippen MR) is 86.1 cm³/mol. The van der Waals surface area contributed by atoms with Crippen LogP contribution in [0.2, 0.25) is 0 Å². The number of ether oxygens (including phenoxy) is 1. The molecule has 0 aromatic heterocycles. The van der Waals surface area contributed by atoms with Crippen LogP contribution in [0.5, 0.6) is 0 Å². The Morgan fingerprint density at radius 1 is 1.45 bits per heavy atom. The van der Waals surface area contributed by atoms with Gasteiger partial charge in [0.15, 0.2) is 5.96 Å². The summed E-state index contributed by atoms with van der Waals surface area (Å²) in [5.74, 6) is 3.08. The van der Waals surface area contributed by atoms with Crippen molar-refractivity contribution in [1.82, 2.24) is 10.2 Å². The van der Waals surface area contributed by atoms with Crippen LogP contribution in [0.3, 0.4) is 0 Å². The molecule has 0 amide bonds. The molecule has 2 rings (SSSR count). The van der Waals surface area contributed by atoms with E-state index in [-0.39, 0.29) is 18.0 Å². The van der Waals surface area contributed by atoms with Crippen LogP contribution in [-0.4, -0.2) is 43.1 Å². The summed E-state index contributed by atoms with van der Waals surface area (Å²) in [6, 6.07) is 6.45. The zero-order valence-corrected chi connectivity index (χ0v) is 13.1. The summed E-state index contributed by atoms with van der Waals surface area (Å²) in [5, 5.41) is 3.25. The van der Waals surface area contributed by atoms with E-state index >= 15 is 0 Å². The molecule has 1 saturated heterocycles. The fraction of sp³-hybridized carbons (Fsp3) is 0.471. The minimum absolute atomic E-state index is 0.0542. The van der Waals surface area contributed by atoms with Crippen LogP contribution in [0.15, 0.2) is 29.3 Å². The van der Waals surface area contributed by atoms with Crippen molar-refractivity contribution in [2.45, 2.75) is 26.1 Å². The molecule has 1 heterocycles. The molecule has 0 bridgehead atoms. The van der Waals surface area contributed by atoms with Crippen molar-refractivity contribution in [3.8, 4) is 12.3 Å². The van der Waals surface area contributed by atoms with Gasteiger partial charge in [-0.25, -0.2) is 9.38 Å². The van der Waals surface area contributed by atoms with Crippen molar-refractivity contribution in [1.29, 1.82) is 0 Å². The third-order valence-electron chi connectivity index (χ3n) is 3.46. The maximum atomic E-state index is 13.1. The van der Waals surface area contributed by atoms with Crippen LogP contribution in [0, 0.1) is 18.2 Å². The quantitative estimate of drug-likeness (QED) is 0.528. The first-order valence-corrected chi connectivity index (χ1v) is 7.51. The lowest BCUT2D eigenvalue weighted by atomic mass is 10.1. The number of benzene rings is 1. The summed E-state index contributed by atoms with van der Waals surface area (Å²) >= 11 is 0. The maximum absolute atomic E-state index is 13.1. The lowest BCUT2D eigenvalue weighted by Gasteiger charge is -2.38. The zero-order chi connectivity index (χ0) is 15.9. The molecule has 1 aliphatic heterocycles. The van der Waals surface area contributed by atoms with Crippen LogP contribution >= 0.6 is 0 Å². The Hall–Kier alpha value is -2.06. The molecule has 0 aliphatic carbocycles. The average Bonchev–Trinajstić information content (AvgIpc) is 2.51. The van der Waals surface area contributed by atoms with Gasteiger partial charge in [0.1, 0.15) is 18.5 Å². The van der Waals surface area contributed by atoms with Gasteiger partial charge in [0.05, 0.1) is 12.6 Å². The van der Waals surface area contributed by atoms with Crippen molar-refractivity contribution in [2.75, 3.05) is 26.2 Å². The van der Waals surface area contributed by atoms with Crippen molar-refractivity contribution < 1.29 is 9.13 Å². The fourth-order valence-corrected chi connectivity index (χ4v) is 2.53. The van der Waals surface area contributed by atoms with Gasteiger partial charge in [0, 0.05) is 13.1 Å². The third-order valence-corrected chi connectivity index (χ3v) is 3.46. The lowest BCUT2D eigenvalue weighted by Crippen LogP contribution is -2.50. The molecular weight excluding hydrogens is 281 g/mol. The molecule has 0 saturated carbocycles. The summed E-state index contributed by atoms with van der Waals surface area (Å²) < 4.78 is 19.1. The Kier molecular flexibility index (Phi) is 5.79. The number of hydrogen-bond donors (Lipinski definition) is 1. The largest absolute Gasteiger partial charge is 0.367 e. The highest BCUT2D eigenvalue weighted by atomic mass is 19.1. The Morgan fingerprint density at radius 2 is 2.18 bits per heavy atom. The second kappa shape index (κ2) is 7.81. The highest BCUT2D eigenvalue weighted by molar-refractivity contribution is 5.80. The molecule has 0 radical (unpaired) electrons. The number of terminal acetylenes is 1. The Labute approximate surface area is 131 Å². The number of hydrogen-bond acceptors (Lipinski definition) is 2. The monoisotopic (exact) mass is 303 g/mol. The molecule has 5 heteroatoms. The van der Waals surface area contributed by atoms with Gasteiger partial charge in [0.2, 0.25) is 0 Å². The van der Waals surface area contributed by atoms with E-state index in [1.807, 2.05) is 13.8 Å². The van der Waals surface area contributed by atoms with Gasteiger partial charge in [-0.1, -0.05) is 18.1 Å². The van der Waals surface area contributed by atoms with Gasteiger partial charge in [-0.3, -0.25) is 0 Å². The first-order valence-electron chi connectivity index (χ1n) is 7.51. The first-order chi connectivity index (χ1) is 10.6. The predicted octanol–water partition coefficient (Wildman–Crippen LogP) is 2.19. The molecule has 1 aromatic carbocycles. The second-order valence-electron chi connectivity index (χ2n) is 5.27. The average molecular weight is 303 g/mol. The summed E-state index contributed by atoms with van der Waals surface area (Å²) in [6.07, 6.45) is 5.24. The normalized spacial score (nSPS) is 22.3. The van der Waals surface area contributed by atoms with Crippen molar-refractivity contribution in [3.63, 3.8) is 0 Å². The van der Waals surface area contributed by atoms with E-state index in [0.29, 0.717) is 13.1 Å². The van der Waals surface area contributed by atoms with Gasteiger partial charge in [0.25, 0.3) is 0 Å². The Morgan fingerprint density at radius 3 is 2.82 bits per heavy atom. The SMILES string of the molecule is C#CCN=C(NCC)N1CC(C)OC(c2ccc(F)cc2)C1. The summed E-state index contributed by atoms with van der Waals surface area (Å²) in [6.45, 7) is 6.56. The molecule has 1 N–H and O–H groups in total. The molecule has 1 aromatic rings. The topological polar surface area (TPSA) is 36.9 Å². The molecule has 118 valence electrons. The highest BCUT2D eigenvalue weighted by Crippen LogP contribution is 2.25. The molecule has 4 nitrogen and oxygen atoms in total. The molecule has 1 fully saturated rings. The summed E-state index contributed by atoms with van der Waals surface area (Å²) in [4.78, 5) is 6.55. The number of rotatable bonds is 3. The molecule has 2 unspecified atom stereocenters. The van der Waals surface area contributed by atoms with Gasteiger partial charge in [-0.2, -0.15) is 0 Å². The van der Waals surface area contributed by atoms with Crippen molar-refractivity contribution in [3.05, 3.63) is 35.6 Å². The molecule has 2 atom stereocenters. The van der Waals surface area contributed by atoms with E-state index in [1.54, 1.807) is 12.1 Å². The Balaban J connectivity index is 2.15. The van der Waals surface area contributed by atoms with Crippen molar-refractivity contribution >= 4 is 5.96 Å². The molecule has 1 aliphatic rings. The zero-order valence-electron chi connectivity index (χ0n) is 13.1. The minimum Gasteiger partial charge on any atom is -0.367 e. The number of nitrogens with one attached hydrogen (secondary N) is 1. The summed E-state index contributed by atoms with van der Waals surface area (Å²) in [7, 11) is 0. The molecule has 0 spiro atoms. The van der Waals surface area contributed by atoms with Crippen LogP contribution in [-0.2, 0) is 4.74 Å². The fourth-order valence-electron chi connectivity index (χ4n) is 2.53. The van der Waals surface area contributed by atoms with E-state index in [0.717, 1.165) is 24.6 Å². The molecular formula is C17H22FN3O. The standard InChI is InChI=1S/C17H22FN3O/c1-4-10-20-17(19-5-2)21-11-13(3)22-16(12-21)14-6-8-15(18)9-7-14/h1,6-9,13,16H,5,10-12H2,2-3H3,(H,19,20). The van der Waals surface area contributed by atoms with Gasteiger partial charge in [-0.05, 0) is 31.5 Å². The van der Waals surface area contributed by atoms with E-state index < -0.39 is 0 Å². The number of nitrogens with zero attached hydrogens (tertiary/aromatic N) is 2.